The number of likely N-dealkylation sites (tertiary alicyclic amines) is 2. The molecule has 2 heterocycles. The lowest BCUT2D eigenvalue weighted by Gasteiger charge is -2.36. The molecular formula is C23H26Cl2N2O2. The van der Waals surface area contributed by atoms with Crippen LogP contribution in [0, 0.1) is 0 Å². The summed E-state index contributed by atoms with van der Waals surface area (Å²) in [6.45, 7) is 4.27. The van der Waals surface area contributed by atoms with Gasteiger partial charge in [-0.1, -0.05) is 53.5 Å². The maximum atomic E-state index is 13.1. The van der Waals surface area contributed by atoms with Crippen molar-refractivity contribution in [2.45, 2.75) is 38.3 Å². The first-order valence-electron chi connectivity index (χ1n) is 10.3. The predicted molar refractivity (Wildman–Crippen MR) is 117 cm³/mol. The number of amides is 1. The van der Waals surface area contributed by atoms with Crippen molar-refractivity contribution in [3.8, 4) is 5.75 Å². The van der Waals surface area contributed by atoms with E-state index in [1.54, 1.807) is 12.1 Å². The highest BCUT2D eigenvalue weighted by molar-refractivity contribution is 6.37. The number of carbonyl (C=O) groups is 1. The van der Waals surface area contributed by atoms with Gasteiger partial charge in [-0.15, -0.1) is 0 Å². The Balaban J connectivity index is 1.43. The first kappa shape index (κ1) is 20.5. The summed E-state index contributed by atoms with van der Waals surface area (Å²) >= 11 is 12.8. The molecular weight excluding hydrogens is 407 g/mol. The van der Waals surface area contributed by atoms with E-state index >= 15 is 0 Å². The van der Waals surface area contributed by atoms with Gasteiger partial charge in [0.1, 0.15) is 12.4 Å². The van der Waals surface area contributed by atoms with Gasteiger partial charge >= 0.3 is 0 Å². The highest BCUT2D eigenvalue weighted by Crippen LogP contribution is 2.34. The van der Waals surface area contributed by atoms with Crippen LogP contribution in [0.5, 0.6) is 5.75 Å². The second kappa shape index (κ2) is 9.38. The van der Waals surface area contributed by atoms with Gasteiger partial charge in [-0.05, 0) is 50.4 Å². The Morgan fingerprint density at radius 3 is 2.38 bits per heavy atom. The topological polar surface area (TPSA) is 32.8 Å². The molecule has 2 saturated heterocycles. The molecule has 4 rings (SSSR count). The maximum absolute atomic E-state index is 13.1. The summed E-state index contributed by atoms with van der Waals surface area (Å²) in [6, 6.07) is 13.8. The van der Waals surface area contributed by atoms with Crippen molar-refractivity contribution in [2.75, 3.05) is 26.2 Å². The van der Waals surface area contributed by atoms with Crippen LogP contribution in [0.1, 0.15) is 41.6 Å². The van der Waals surface area contributed by atoms with Crippen LogP contribution in [0.3, 0.4) is 0 Å². The average molecular weight is 433 g/mol. The lowest BCUT2D eigenvalue weighted by molar-refractivity contribution is 0.0644. The first-order valence-corrected chi connectivity index (χ1v) is 11.1. The van der Waals surface area contributed by atoms with Crippen molar-refractivity contribution in [1.29, 1.82) is 0 Å². The number of hydrogen-bond acceptors (Lipinski definition) is 3. The van der Waals surface area contributed by atoms with E-state index in [2.05, 4.69) is 4.90 Å². The summed E-state index contributed by atoms with van der Waals surface area (Å²) in [5, 5.41) is 0.782. The zero-order chi connectivity index (χ0) is 20.2. The molecule has 6 heteroatoms. The number of halogens is 2. The Morgan fingerprint density at radius 1 is 1.00 bits per heavy atom. The fourth-order valence-corrected chi connectivity index (χ4v) is 4.72. The van der Waals surface area contributed by atoms with Crippen LogP contribution in [0.25, 0.3) is 0 Å². The van der Waals surface area contributed by atoms with Gasteiger partial charge in [-0.3, -0.25) is 4.79 Å². The molecule has 1 amide bonds. The Bertz CT molecular complexity index is 845. The molecule has 29 heavy (non-hydrogen) atoms. The third kappa shape index (κ3) is 4.88. The van der Waals surface area contributed by atoms with Gasteiger partial charge in [-0.2, -0.15) is 0 Å². The largest absolute Gasteiger partial charge is 0.487 e. The van der Waals surface area contributed by atoms with E-state index in [9.17, 15) is 4.79 Å². The smallest absolute Gasteiger partial charge is 0.255 e. The summed E-state index contributed by atoms with van der Waals surface area (Å²) in [7, 11) is 0. The van der Waals surface area contributed by atoms with Crippen LogP contribution in [0.15, 0.2) is 42.5 Å². The number of piperidine rings is 1. The van der Waals surface area contributed by atoms with Crippen LogP contribution in [0.4, 0.5) is 0 Å². The number of hydrogen-bond donors (Lipinski definition) is 0. The number of rotatable bonds is 5. The molecule has 2 fully saturated rings. The van der Waals surface area contributed by atoms with Crippen molar-refractivity contribution in [2.24, 2.45) is 0 Å². The zero-order valence-corrected chi connectivity index (χ0v) is 18.0. The van der Waals surface area contributed by atoms with Crippen LogP contribution < -0.4 is 4.74 Å². The van der Waals surface area contributed by atoms with Crippen LogP contribution in [0.2, 0.25) is 10.0 Å². The van der Waals surface area contributed by atoms with E-state index in [0.717, 1.165) is 31.5 Å². The Hall–Kier alpha value is -1.75. The SMILES string of the molecule is O=C(c1cc(Cl)cc(OCc2ccccc2)c1Cl)N1CCC(N2CCCC2)CC1. The minimum Gasteiger partial charge on any atom is -0.487 e. The molecule has 0 unspecified atom stereocenters. The van der Waals surface area contributed by atoms with Gasteiger partial charge < -0.3 is 14.5 Å². The van der Waals surface area contributed by atoms with Crippen molar-refractivity contribution in [3.05, 3.63) is 63.6 Å². The lowest BCUT2D eigenvalue weighted by atomic mass is 10.0. The molecule has 0 atom stereocenters. The molecule has 2 aromatic carbocycles. The molecule has 0 saturated carbocycles. The van der Waals surface area contributed by atoms with Crippen molar-refractivity contribution in [3.63, 3.8) is 0 Å². The van der Waals surface area contributed by atoms with Gasteiger partial charge in [0, 0.05) is 30.2 Å². The molecule has 0 bridgehead atoms. The zero-order valence-electron chi connectivity index (χ0n) is 16.4. The quantitative estimate of drug-likeness (QED) is 0.644. The molecule has 2 aliphatic rings. The minimum absolute atomic E-state index is 0.0677. The first-order chi connectivity index (χ1) is 14.1. The van der Waals surface area contributed by atoms with Crippen molar-refractivity contribution >= 4 is 29.1 Å². The number of carbonyl (C=O) groups excluding carboxylic acids is 1. The summed E-state index contributed by atoms with van der Waals surface area (Å²) in [4.78, 5) is 17.6. The van der Waals surface area contributed by atoms with Crippen LogP contribution in [-0.2, 0) is 6.61 Å². The van der Waals surface area contributed by atoms with Crippen LogP contribution in [-0.4, -0.2) is 47.9 Å². The summed E-state index contributed by atoms with van der Waals surface area (Å²) in [5.74, 6) is 0.375. The standard InChI is InChI=1S/C23H26Cl2N2O2/c24-18-14-20(22(25)21(15-18)29-16-17-6-2-1-3-7-17)23(28)27-12-8-19(9-13-27)26-10-4-5-11-26/h1-3,6-7,14-15,19H,4-5,8-13,16H2. The molecule has 0 N–H and O–H groups in total. The van der Waals surface area contributed by atoms with E-state index in [4.69, 9.17) is 27.9 Å². The molecule has 0 radical (unpaired) electrons. The normalized spacial score (nSPS) is 18.2. The highest BCUT2D eigenvalue weighted by atomic mass is 35.5. The average Bonchev–Trinajstić information content (AvgIpc) is 3.29. The molecule has 2 aromatic rings. The fourth-order valence-electron chi connectivity index (χ4n) is 4.27. The van der Waals surface area contributed by atoms with Gasteiger partial charge in [0.25, 0.3) is 5.91 Å². The molecule has 4 nitrogen and oxygen atoms in total. The number of ether oxygens (including phenoxy) is 1. The monoisotopic (exact) mass is 432 g/mol. The maximum Gasteiger partial charge on any atom is 0.255 e. The third-order valence-electron chi connectivity index (χ3n) is 5.88. The molecule has 0 aromatic heterocycles. The Labute approximate surface area is 182 Å². The lowest BCUT2D eigenvalue weighted by Crippen LogP contribution is -2.46. The van der Waals surface area contributed by atoms with Crippen molar-refractivity contribution < 1.29 is 9.53 Å². The number of benzene rings is 2. The Kier molecular flexibility index (Phi) is 6.63. The second-order valence-electron chi connectivity index (χ2n) is 7.81. The second-order valence-corrected chi connectivity index (χ2v) is 8.62. The van der Waals surface area contributed by atoms with E-state index < -0.39 is 0 Å². The minimum atomic E-state index is -0.0677. The molecule has 0 spiro atoms. The van der Waals surface area contributed by atoms with E-state index in [1.807, 2.05) is 35.2 Å². The predicted octanol–water partition coefficient (Wildman–Crippen LogP) is 5.27. The fraction of sp³-hybridized carbons (Fsp3) is 0.435. The Morgan fingerprint density at radius 2 is 1.69 bits per heavy atom. The van der Waals surface area contributed by atoms with E-state index in [0.29, 0.717) is 34.0 Å². The van der Waals surface area contributed by atoms with E-state index in [1.165, 1.54) is 25.9 Å². The van der Waals surface area contributed by atoms with E-state index in [-0.39, 0.29) is 5.91 Å². The van der Waals surface area contributed by atoms with Crippen LogP contribution >= 0.6 is 23.2 Å². The summed E-state index contributed by atoms with van der Waals surface area (Å²) in [5.41, 5.74) is 1.45. The summed E-state index contributed by atoms with van der Waals surface area (Å²) in [6.07, 6.45) is 4.62. The summed E-state index contributed by atoms with van der Waals surface area (Å²) < 4.78 is 5.87. The van der Waals surface area contributed by atoms with Gasteiger partial charge in [0.05, 0.1) is 10.6 Å². The molecule has 154 valence electrons. The highest BCUT2D eigenvalue weighted by Gasteiger charge is 2.30. The molecule has 0 aliphatic carbocycles. The van der Waals surface area contributed by atoms with Gasteiger partial charge in [-0.25, -0.2) is 0 Å². The third-order valence-corrected chi connectivity index (χ3v) is 6.49. The number of nitrogens with zero attached hydrogens (tertiary/aromatic N) is 2. The van der Waals surface area contributed by atoms with Gasteiger partial charge in [0.2, 0.25) is 0 Å². The van der Waals surface area contributed by atoms with Crippen molar-refractivity contribution in [1.82, 2.24) is 9.80 Å². The van der Waals surface area contributed by atoms with Gasteiger partial charge in [0.15, 0.2) is 0 Å². The molecule has 2 aliphatic heterocycles.